The molecule has 0 bridgehead atoms. The predicted octanol–water partition coefficient (Wildman–Crippen LogP) is 3.52. The first-order valence-corrected chi connectivity index (χ1v) is 12.2. The van der Waals surface area contributed by atoms with Crippen LogP contribution in [-0.4, -0.2) is 30.0 Å². The Hall–Kier alpha value is -3.85. The van der Waals surface area contributed by atoms with Crippen molar-refractivity contribution < 1.29 is 17.9 Å². The van der Waals surface area contributed by atoms with Crippen molar-refractivity contribution in [1.82, 2.24) is 14.7 Å². The number of pyridine rings is 1. The summed E-state index contributed by atoms with van der Waals surface area (Å²) in [7, 11) is -3.43. The molecule has 0 aliphatic heterocycles. The van der Waals surface area contributed by atoms with E-state index in [1.807, 2.05) is 35.9 Å². The van der Waals surface area contributed by atoms with E-state index in [1.165, 1.54) is 0 Å². The maximum absolute atomic E-state index is 12.9. The molecule has 0 radical (unpaired) electrons. The van der Waals surface area contributed by atoms with E-state index in [9.17, 15) is 13.2 Å². The monoisotopic (exact) mass is 464 g/mol. The van der Waals surface area contributed by atoms with Crippen molar-refractivity contribution >= 4 is 27.3 Å². The van der Waals surface area contributed by atoms with Crippen molar-refractivity contribution in [1.29, 1.82) is 0 Å². The third kappa shape index (κ3) is 5.50. The minimum atomic E-state index is -3.43. The first kappa shape index (κ1) is 22.3. The maximum Gasteiger partial charge on any atom is 0.255 e. The second-order valence-electron chi connectivity index (χ2n) is 7.65. The molecule has 0 saturated carbocycles. The number of imidazole rings is 1. The van der Waals surface area contributed by atoms with Gasteiger partial charge in [-0.05, 0) is 42.3 Å². The number of aromatic nitrogens is 2. The minimum absolute atomic E-state index is 0.150. The fraction of sp³-hybridized carbons (Fsp3) is 0.167. The van der Waals surface area contributed by atoms with Crippen LogP contribution >= 0.6 is 0 Å². The molecule has 2 aromatic heterocycles. The number of hydrogen-bond acceptors (Lipinski definition) is 5. The largest absolute Gasteiger partial charge is 0.486 e. The fourth-order valence-electron chi connectivity index (χ4n) is 3.45. The standard InChI is InChI=1S/C24H24N4O4S/c1-17-8-7-13-28-15-19(26-23(17)28)16-32-22-12-6-4-10-20(22)24(29)25-14-18-9-3-5-11-21(18)27-33(2,30)31/h3-13,15,27H,14,16H2,1-2H3,(H,25,29). The van der Waals surface area contributed by atoms with Gasteiger partial charge in [0.2, 0.25) is 10.0 Å². The zero-order valence-electron chi connectivity index (χ0n) is 18.3. The highest BCUT2D eigenvalue weighted by molar-refractivity contribution is 7.92. The number of carbonyl (C=O) groups excluding carboxylic acids is 1. The highest BCUT2D eigenvalue weighted by Crippen LogP contribution is 2.21. The summed E-state index contributed by atoms with van der Waals surface area (Å²) in [6.45, 7) is 2.36. The summed E-state index contributed by atoms with van der Waals surface area (Å²) < 4.78 is 33.5. The van der Waals surface area contributed by atoms with Crippen molar-refractivity contribution in [3.8, 4) is 5.75 Å². The number of sulfonamides is 1. The second-order valence-corrected chi connectivity index (χ2v) is 9.40. The summed E-state index contributed by atoms with van der Waals surface area (Å²) in [5.74, 6) is 0.108. The lowest BCUT2D eigenvalue weighted by Gasteiger charge is -2.13. The van der Waals surface area contributed by atoms with E-state index < -0.39 is 10.0 Å². The Labute approximate surface area is 192 Å². The van der Waals surface area contributed by atoms with E-state index in [0.29, 0.717) is 22.6 Å². The average Bonchev–Trinajstić information content (AvgIpc) is 3.21. The van der Waals surface area contributed by atoms with E-state index >= 15 is 0 Å². The van der Waals surface area contributed by atoms with Crippen molar-refractivity contribution in [2.75, 3.05) is 11.0 Å². The molecule has 2 aromatic carbocycles. The Morgan fingerprint density at radius 1 is 1.06 bits per heavy atom. The maximum atomic E-state index is 12.9. The minimum Gasteiger partial charge on any atom is -0.486 e. The number of amides is 1. The summed E-state index contributed by atoms with van der Waals surface area (Å²) in [6, 6.07) is 17.8. The van der Waals surface area contributed by atoms with Gasteiger partial charge in [0.25, 0.3) is 5.91 Å². The number of para-hydroxylation sites is 2. The first-order chi connectivity index (χ1) is 15.8. The van der Waals surface area contributed by atoms with E-state index in [-0.39, 0.29) is 19.1 Å². The second kappa shape index (κ2) is 9.33. The van der Waals surface area contributed by atoms with Crippen LogP contribution in [0.5, 0.6) is 5.75 Å². The van der Waals surface area contributed by atoms with Gasteiger partial charge < -0.3 is 14.5 Å². The first-order valence-electron chi connectivity index (χ1n) is 10.3. The van der Waals surface area contributed by atoms with Crippen LogP contribution in [0.1, 0.15) is 27.2 Å². The molecule has 8 nitrogen and oxygen atoms in total. The number of benzene rings is 2. The molecule has 0 fully saturated rings. The summed E-state index contributed by atoms with van der Waals surface area (Å²) in [4.78, 5) is 17.5. The summed E-state index contributed by atoms with van der Waals surface area (Å²) in [6.07, 6.45) is 4.91. The summed E-state index contributed by atoms with van der Waals surface area (Å²) in [5.41, 5.74) is 4.13. The number of nitrogens with zero attached hydrogens (tertiary/aromatic N) is 2. The van der Waals surface area contributed by atoms with Crippen molar-refractivity contribution in [2.45, 2.75) is 20.1 Å². The smallest absolute Gasteiger partial charge is 0.255 e. The van der Waals surface area contributed by atoms with Gasteiger partial charge >= 0.3 is 0 Å². The Morgan fingerprint density at radius 3 is 2.61 bits per heavy atom. The molecule has 0 aliphatic carbocycles. The molecule has 4 rings (SSSR count). The Kier molecular flexibility index (Phi) is 6.32. The van der Waals surface area contributed by atoms with E-state index in [0.717, 1.165) is 23.2 Å². The molecule has 0 spiro atoms. The number of fused-ring (bicyclic) bond motifs is 1. The average molecular weight is 465 g/mol. The molecule has 1 amide bonds. The van der Waals surface area contributed by atoms with E-state index in [2.05, 4.69) is 15.0 Å². The predicted molar refractivity (Wildman–Crippen MR) is 127 cm³/mol. The Morgan fingerprint density at radius 2 is 1.82 bits per heavy atom. The van der Waals surface area contributed by atoms with Crippen LogP contribution in [0, 0.1) is 6.92 Å². The van der Waals surface area contributed by atoms with Gasteiger partial charge in [0.1, 0.15) is 18.0 Å². The molecule has 9 heteroatoms. The van der Waals surface area contributed by atoms with Crippen molar-refractivity contribution in [3.05, 3.63) is 95.4 Å². The quantitative estimate of drug-likeness (QED) is 0.415. The van der Waals surface area contributed by atoms with Crippen molar-refractivity contribution in [2.24, 2.45) is 0 Å². The molecular weight excluding hydrogens is 440 g/mol. The van der Waals surface area contributed by atoms with Crippen LogP contribution < -0.4 is 14.8 Å². The molecule has 4 aromatic rings. The number of nitrogens with one attached hydrogen (secondary N) is 2. The van der Waals surface area contributed by atoms with Gasteiger partial charge in [-0.2, -0.15) is 0 Å². The molecule has 2 N–H and O–H groups in total. The van der Waals surface area contributed by atoms with Gasteiger partial charge in [-0.25, -0.2) is 13.4 Å². The normalized spacial score (nSPS) is 11.3. The molecule has 170 valence electrons. The number of anilines is 1. The van der Waals surface area contributed by atoms with Gasteiger partial charge in [0, 0.05) is 18.9 Å². The number of carbonyl (C=O) groups is 1. The van der Waals surface area contributed by atoms with Crippen LogP contribution in [0.2, 0.25) is 0 Å². The molecular formula is C24H24N4O4S. The number of hydrogen-bond donors (Lipinski definition) is 2. The molecule has 0 unspecified atom stereocenters. The van der Waals surface area contributed by atoms with Crippen LogP contribution in [0.4, 0.5) is 5.69 Å². The molecule has 0 saturated heterocycles. The highest BCUT2D eigenvalue weighted by Gasteiger charge is 2.14. The zero-order valence-corrected chi connectivity index (χ0v) is 19.1. The van der Waals surface area contributed by atoms with Gasteiger partial charge in [-0.3, -0.25) is 9.52 Å². The van der Waals surface area contributed by atoms with Crippen LogP contribution in [0.3, 0.4) is 0 Å². The number of aryl methyl sites for hydroxylation is 1. The molecule has 33 heavy (non-hydrogen) atoms. The lowest BCUT2D eigenvalue weighted by atomic mass is 10.1. The third-order valence-electron chi connectivity index (χ3n) is 4.99. The van der Waals surface area contributed by atoms with Crippen LogP contribution in [0.25, 0.3) is 5.65 Å². The highest BCUT2D eigenvalue weighted by atomic mass is 32.2. The lowest BCUT2D eigenvalue weighted by Crippen LogP contribution is -2.24. The van der Waals surface area contributed by atoms with Crippen molar-refractivity contribution in [3.63, 3.8) is 0 Å². The molecule has 0 atom stereocenters. The third-order valence-corrected chi connectivity index (χ3v) is 5.58. The molecule has 0 aliphatic rings. The Balaban J connectivity index is 1.46. The SMILES string of the molecule is Cc1cccn2cc(COc3ccccc3C(=O)NCc3ccccc3NS(C)(=O)=O)nc12. The lowest BCUT2D eigenvalue weighted by molar-refractivity contribution is 0.0946. The summed E-state index contributed by atoms with van der Waals surface area (Å²) >= 11 is 0. The fourth-order valence-corrected chi connectivity index (χ4v) is 4.05. The van der Waals surface area contributed by atoms with E-state index in [1.54, 1.807) is 48.5 Å². The number of ether oxygens (including phenoxy) is 1. The Bertz CT molecular complexity index is 1410. The van der Waals surface area contributed by atoms with E-state index in [4.69, 9.17) is 4.74 Å². The number of rotatable bonds is 8. The molecule has 2 heterocycles. The zero-order chi connectivity index (χ0) is 23.4. The van der Waals surface area contributed by atoms with Gasteiger partial charge in [0.15, 0.2) is 0 Å². The van der Waals surface area contributed by atoms with Crippen LogP contribution in [0.15, 0.2) is 73.1 Å². The van der Waals surface area contributed by atoms with Gasteiger partial charge in [-0.1, -0.05) is 36.4 Å². The van der Waals surface area contributed by atoms with Crippen LogP contribution in [-0.2, 0) is 23.2 Å². The van der Waals surface area contributed by atoms with Gasteiger partial charge in [0.05, 0.1) is 23.2 Å². The topological polar surface area (TPSA) is 102 Å². The summed E-state index contributed by atoms with van der Waals surface area (Å²) in [5, 5.41) is 2.84. The van der Waals surface area contributed by atoms with Gasteiger partial charge in [-0.15, -0.1) is 0 Å².